The fourth-order valence-corrected chi connectivity index (χ4v) is 1.67. The van der Waals surface area contributed by atoms with E-state index in [0.717, 1.165) is 13.1 Å². The van der Waals surface area contributed by atoms with Crippen LogP contribution in [0.15, 0.2) is 24.3 Å². The molecule has 0 aliphatic carbocycles. The summed E-state index contributed by atoms with van der Waals surface area (Å²) in [6.07, 6.45) is 0. The summed E-state index contributed by atoms with van der Waals surface area (Å²) in [6, 6.07) is 8.64. The van der Waals surface area contributed by atoms with Crippen LogP contribution in [0.4, 0.5) is 0 Å². The zero-order valence-electron chi connectivity index (χ0n) is 7.55. The molecule has 0 amide bonds. The van der Waals surface area contributed by atoms with Crippen molar-refractivity contribution in [2.75, 3.05) is 13.6 Å². The van der Waals surface area contributed by atoms with E-state index in [0.29, 0.717) is 0 Å². The van der Waals surface area contributed by atoms with Gasteiger partial charge in [0.2, 0.25) is 0 Å². The second-order valence-electron chi connectivity index (χ2n) is 2.96. The van der Waals surface area contributed by atoms with Gasteiger partial charge >= 0.3 is 0 Å². The summed E-state index contributed by atoms with van der Waals surface area (Å²) < 4.78 is 1.31. The Balaban J connectivity index is 2.63. The first-order chi connectivity index (χ1) is 5.72. The molecule has 0 unspecified atom stereocenters. The lowest BCUT2D eigenvalue weighted by atomic mass is 10.2. The van der Waals surface area contributed by atoms with Crippen LogP contribution in [0.25, 0.3) is 0 Å². The molecule has 0 heterocycles. The molecule has 0 spiro atoms. The molecule has 0 bridgehead atoms. The molecule has 0 atom stereocenters. The zero-order valence-corrected chi connectivity index (χ0v) is 9.71. The minimum absolute atomic E-state index is 1.05. The van der Waals surface area contributed by atoms with Crippen LogP contribution in [-0.4, -0.2) is 18.5 Å². The predicted octanol–water partition coefficient (Wildman–Crippen LogP) is 2.74. The smallest absolute Gasteiger partial charge is 0.0230 e. The predicted molar refractivity (Wildman–Crippen MR) is 61.2 cm³/mol. The molecule has 66 valence electrons. The summed E-state index contributed by atoms with van der Waals surface area (Å²) in [6.45, 7) is 4.33. The van der Waals surface area contributed by atoms with Gasteiger partial charge in [0.25, 0.3) is 0 Å². The van der Waals surface area contributed by atoms with Crippen LogP contribution in [0.3, 0.4) is 0 Å². The lowest BCUT2D eigenvalue weighted by Gasteiger charge is -2.13. The number of rotatable bonds is 3. The molecule has 1 aromatic carbocycles. The molecule has 0 aromatic heterocycles. The average molecular weight is 275 g/mol. The van der Waals surface area contributed by atoms with E-state index in [2.05, 4.69) is 65.7 Å². The van der Waals surface area contributed by atoms with Gasteiger partial charge in [-0.25, -0.2) is 0 Å². The van der Waals surface area contributed by atoms with Gasteiger partial charge in [-0.3, -0.25) is 0 Å². The number of halogens is 1. The largest absolute Gasteiger partial charge is 0.302 e. The van der Waals surface area contributed by atoms with Crippen LogP contribution in [0, 0.1) is 3.57 Å². The monoisotopic (exact) mass is 275 g/mol. The summed E-state index contributed by atoms with van der Waals surface area (Å²) in [5.41, 5.74) is 1.39. The fourth-order valence-electron chi connectivity index (χ4n) is 1.06. The van der Waals surface area contributed by atoms with E-state index in [1.165, 1.54) is 9.13 Å². The SMILES string of the molecule is CCN(C)Cc1cccc(I)c1. The van der Waals surface area contributed by atoms with Gasteiger partial charge in [-0.05, 0) is 53.9 Å². The van der Waals surface area contributed by atoms with Crippen LogP contribution in [-0.2, 0) is 6.54 Å². The van der Waals surface area contributed by atoms with Crippen LogP contribution in [0.2, 0.25) is 0 Å². The molecule has 0 aliphatic rings. The molecule has 2 heteroatoms. The first-order valence-corrected chi connectivity index (χ1v) is 5.23. The molecule has 1 nitrogen and oxygen atoms in total. The molecule has 0 fully saturated rings. The molecule has 0 radical (unpaired) electrons. The lowest BCUT2D eigenvalue weighted by Crippen LogP contribution is -2.16. The first kappa shape index (κ1) is 9.99. The number of hydrogen-bond donors (Lipinski definition) is 0. The maximum atomic E-state index is 2.35. The van der Waals surface area contributed by atoms with Gasteiger partial charge in [0.1, 0.15) is 0 Å². The minimum atomic E-state index is 1.05. The van der Waals surface area contributed by atoms with Crippen LogP contribution in [0.5, 0.6) is 0 Å². The Morgan fingerprint density at radius 3 is 2.75 bits per heavy atom. The summed E-state index contributed by atoms with van der Waals surface area (Å²) in [5.74, 6) is 0. The van der Waals surface area contributed by atoms with Gasteiger partial charge in [-0.2, -0.15) is 0 Å². The van der Waals surface area contributed by atoms with Crippen molar-refractivity contribution in [1.82, 2.24) is 4.90 Å². The summed E-state index contributed by atoms with van der Waals surface area (Å²) in [5, 5.41) is 0. The van der Waals surface area contributed by atoms with Crippen LogP contribution in [0.1, 0.15) is 12.5 Å². The molecule has 12 heavy (non-hydrogen) atoms. The first-order valence-electron chi connectivity index (χ1n) is 4.15. The van der Waals surface area contributed by atoms with Crippen molar-refractivity contribution in [1.29, 1.82) is 0 Å². The van der Waals surface area contributed by atoms with E-state index in [9.17, 15) is 0 Å². The molecular weight excluding hydrogens is 261 g/mol. The van der Waals surface area contributed by atoms with E-state index < -0.39 is 0 Å². The standard InChI is InChI=1S/C10H14IN/c1-3-12(2)8-9-5-4-6-10(11)7-9/h4-7H,3,8H2,1-2H3. The van der Waals surface area contributed by atoms with E-state index in [4.69, 9.17) is 0 Å². The molecule has 0 saturated heterocycles. The lowest BCUT2D eigenvalue weighted by molar-refractivity contribution is 0.345. The third kappa shape index (κ3) is 3.11. The Hall–Kier alpha value is -0.0900. The summed E-state index contributed by atoms with van der Waals surface area (Å²) in [7, 11) is 2.14. The normalized spacial score (nSPS) is 10.7. The Bertz CT molecular complexity index is 247. The van der Waals surface area contributed by atoms with Gasteiger partial charge in [-0.1, -0.05) is 19.1 Å². The van der Waals surface area contributed by atoms with Gasteiger partial charge in [0.15, 0.2) is 0 Å². The molecule has 0 N–H and O–H groups in total. The van der Waals surface area contributed by atoms with Crippen molar-refractivity contribution < 1.29 is 0 Å². The Morgan fingerprint density at radius 1 is 1.42 bits per heavy atom. The van der Waals surface area contributed by atoms with Crippen molar-refractivity contribution in [3.05, 3.63) is 33.4 Å². The highest BCUT2D eigenvalue weighted by atomic mass is 127. The molecule has 1 rings (SSSR count). The summed E-state index contributed by atoms with van der Waals surface area (Å²) >= 11 is 2.35. The maximum Gasteiger partial charge on any atom is 0.0230 e. The van der Waals surface area contributed by atoms with E-state index in [1.807, 2.05) is 0 Å². The van der Waals surface area contributed by atoms with Crippen molar-refractivity contribution >= 4 is 22.6 Å². The number of hydrogen-bond acceptors (Lipinski definition) is 1. The third-order valence-electron chi connectivity index (χ3n) is 1.88. The van der Waals surface area contributed by atoms with Crippen LogP contribution < -0.4 is 0 Å². The Kier molecular flexibility index (Phi) is 4.01. The highest BCUT2D eigenvalue weighted by molar-refractivity contribution is 14.1. The summed E-state index contributed by atoms with van der Waals surface area (Å²) in [4.78, 5) is 2.30. The number of nitrogens with zero attached hydrogens (tertiary/aromatic N) is 1. The average Bonchev–Trinajstić information content (AvgIpc) is 2.04. The molecular formula is C10H14IN. The Morgan fingerprint density at radius 2 is 2.17 bits per heavy atom. The van der Waals surface area contributed by atoms with E-state index in [-0.39, 0.29) is 0 Å². The van der Waals surface area contributed by atoms with Gasteiger partial charge in [0, 0.05) is 10.1 Å². The maximum absolute atomic E-state index is 2.35. The van der Waals surface area contributed by atoms with Crippen LogP contribution >= 0.6 is 22.6 Å². The topological polar surface area (TPSA) is 3.24 Å². The third-order valence-corrected chi connectivity index (χ3v) is 2.55. The van der Waals surface area contributed by atoms with Crippen molar-refractivity contribution in [3.63, 3.8) is 0 Å². The van der Waals surface area contributed by atoms with Gasteiger partial charge in [-0.15, -0.1) is 0 Å². The van der Waals surface area contributed by atoms with Gasteiger partial charge < -0.3 is 4.90 Å². The molecule has 1 aromatic rings. The van der Waals surface area contributed by atoms with E-state index >= 15 is 0 Å². The fraction of sp³-hybridized carbons (Fsp3) is 0.400. The second-order valence-corrected chi connectivity index (χ2v) is 4.21. The zero-order chi connectivity index (χ0) is 8.97. The van der Waals surface area contributed by atoms with Crippen molar-refractivity contribution in [3.8, 4) is 0 Å². The molecule has 0 saturated carbocycles. The number of benzene rings is 1. The van der Waals surface area contributed by atoms with Crippen molar-refractivity contribution in [2.24, 2.45) is 0 Å². The van der Waals surface area contributed by atoms with Crippen molar-refractivity contribution in [2.45, 2.75) is 13.5 Å². The Labute approximate surface area is 87.9 Å². The molecule has 0 aliphatic heterocycles. The quantitative estimate of drug-likeness (QED) is 0.767. The highest BCUT2D eigenvalue weighted by Gasteiger charge is 1.96. The highest BCUT2D eigenvalue weighted by Crippen LogP contribution is 2.09. The van der Waals surface area contributed by atoms with E-state index in [1.54, 1.807) is 0 Å². The van der Waals surface area contributed by atoms with Gasteiger partial charge in [0.05, 0.1) is 0 Å². The second kappa shape index (κ2) is 4.82. The minimum Gasteiger partial charge on any atom is -0.302 e.